The summed E-state index contributed by atoms with van der Waals surface area (Å²) in [6, 6.07) is 11.9. The Morgan fingerprint density at radius 2 is 1.97 bits per heavy atom. The number of nitrogens with one attached hydrogen (secondary N) is 2. The highest BCUT2D eigenvalue weighted by atomic mass is 19.1. The van der Waals surface area contributed by atoms with Gasteiger partial charge in [-0.2, -0.15) is 0 Å². The molecule has 0 aliphatic carbocycles. The summed E-state index contributed by atoms with van der Waals surface area (Å²) in [7, 11) is 1.77. The Morgan fingerprint density at radius 1 is 1.17 bits per heavy atom. The largest absolute Gasteiger partial charge is 0.364 e. The van der Waals surface area contributed by atoms with E-state index in [4.69, 9.17) is 0 Å². The molecule has 3 heterocycles. The number of halogens is 1. The van der Waals surface area contributed by atoms with Crippen molar-refractivity contribution in [1.82, 2.24) is 15.6 Å². The monoisotopic (exact) mass is 394 g/mol. The van der Waals surface area contributed by atoms with Gasteiger partial charge in [0.2, 0.25) is 0 Å². The minimum absolute atomic E-state index is 0.202. The van der Waals surface area contributed by atoms with Gasteiger partial charge in [0.1, 0.15) is 0 Å². The fraction of sp³-hybridized carbons (Fsp3) is 0.364. The summed E-state index contributed by atoms with van der Waals surface area (Å²) in [5.74, 6) is 0.906. The number of hydrogen-bond acceptors (Lipinski definition) is 4. The molecular formula is C22H27FN6. The number of benzene rings is 1. The molecule has 1 saturated heterocycles. The van der Waals surface area contributed by atoms with Crippen LogP contribution in [0.5, 0.6) is 0 Å². The quantitative estimate of drug-likeness (QED) is 0.464. The van der Waals surface area contributed by atoms with E-state index in [-0.39, 0.29) is 11.9 Å². The molecule has 6 nitrogen and oxygen atoms in total. The first-order valence-electron chi connectivity index (χ1n) is 10.0. The Hall–Kier alpha value is -3.09. The summed E-state index contributed by atoms with van der Waals surface area (Å²) in [6.07, 6.45) is 6.93. The van der Waals surface area contributed by atoms with E-state index in [0.717, 1.165) is 32.0 Å². The SMILES string of the molecule is CN=C(NCc1ccc(N2CC=CC2)cc1)NC1CCN(c2ncccc2F)C1. The Balaban J connectivity index is 1.27. The third-order valence-electron chi connectivity index (χ3n) is 5.37. The van der Waals surface area contributed by atoms with E-state index in [1.807, 2.05) is 4.90 Å². The molecule has 1 atom stereocenters. The lowest BCUT2D eigenvalue weighted by Crippen LogP contribution is -2.44. The zero-order valence-corrected chi connectivity index (χ0v) is 16.7. The van der Waals surface area contributed by atoms with Gasteiger partial charge < -0.3 is 20.4 Å². The fourth-order valence-electron chi connectivity index (χ4n) is 3.77. The van der Waals surface area contributed by atoms with E-state index in [1.165, 1.54) is 17.3 Å². The third-order valence-corrected chi connectivity index (χ3v) is 5.37. The first-order chi connectivity index (χ1) is 14.2. The van der Waals surface area contributed by atoms with E-state index in [1.54, 1.807) is 19.3 Å². The standard InChI is InChI=1S/C22H27FN6/c1-24-22(26-15-17-6-8-19(9-7-17)28-12-2-3-13-28)27-18-10-14-29(16-18)21-20(23)5-4-11-25-21/h2-9,11,18H,10,12-16H2,1H3,(H2,24,26,27). The molecule has 7 heteroatoms. The van der Waals surface area contributed by atoms with E-state index in [9.17, 15) is 4.39 Å². The number of guanidine groups is 1. The van der Waals surface area contributed by atoms with Crippen LogP contribution >= 0.6 is 0 Å². The van der Waals surface area contributed by atoms with Crippen LogP contribution in [0, 0.1) is 5.82 Å². The van der Waals surface area contributed by atoms with Gasteiger partial charge in [-0.25, -0.2) is 9.37 Å². The summed E-state index contributed by atoms with van der Waals surface area (Å²) < 4.78 is 14.0. The van der Waals surface area contributed by atoms with Crippen molar-refractivity contribution in [3.05, 3.63) is 66.1 Å². The smallest absolute Gasteiger partial charge is 0.191 e. The van der Waals surface area contributed by atoms with Crippen molar-refractivity contribution < 1.29 is 4.39 Å². The van der Waals surface area contributed by atoms with Gasteiger partial charge in [0, 0.05) is 57.7 Å². The fourth-order valence-corrected chi connectivity index (χ4v) is 3.77. The molecule has 2 N–H and O–H groups in total. The number of pyridine rings is 1. The summed E-state index contributed by atoms with van der Waals surface area (Å²) in [5, 5.41) is 6.81. The lowest BCUT2D eigenvalue weighted by Gasteiger charge is -2.20. The summed E-state index contributed by atoms with van der Waals surface area (Å²) in [5.41, 5.74) is 2.45. The van der Waals surface area contributed by atoms with Gasteiger partial charge in [0.25, 0.3) is 0 Å². The van der Waals surface area contributed by atoms with E-state index in [2.05, 4.69) is 61.9 Å². The Morgan fingerprint density at radius 3 is 2.69 bits per heavy atom. The lowest BCUT2D eigenvalue weighted by molar-refractivity contribution is 0.612. The molecule has 1 aromatic heterocycles. The normalized spacial score (nSPS) is 19.1. The van der Waals surface area contributed by atoms with Crippen molar-refractivity contribution in [3.63, 3.8) is 0 Å². The molecule has 152 valence electrons. The average Bonchev–Trinajstić information content (AvgIpc) is 3.44. The Bertz CT molecular complexity index is 871. The number of hydrogen-bond donors (Lipinski definition) is 2. The van der Waals surface area contributed by atoms with Crippen molar-refractivity contribution in [1.29, 1.82) is 0 Å². The first-order valence-corrected chi connectivity index (χ1v) is 10.0. The van der Waals surface area contributed by atoms with Crippen LogP contribution in [-0.4, -0.2) is 50.2 Å². The van der Waals surface area contributed by atoms with Gasteiger partial charge >= 0.3 is 0 Å². The number of nitrogens with zero attached hydrogens (tertiary/aromatic N) is 4. The molecule has 2 aliphatic rings. The van der Waals surface area contributed by atoms with E-state index < -0.39 is 0 Å². The predicted molar refractivity (Wildman–Crippen MR) is 116 cm³/mol. The topological polar surface area (TPSA) is 55.8 Å². The maximum Gasteiger partial charge on any atom is 0.191 e. The van der Waals surface area contributed by atoms with E-state index in [0.29, 0.717) is 18.9 Å². The van der Waals surface area contributed by atoms with Crippen molar-refractivity contribution in [2.45, 2.75) is 19.0 Å². The Labute approximate surface area is 171 Å². The van der Waals surface area contributed by atoms with Crippen LogP contribution in [0.15, 0.2) is 59.7 Å². The highest BCUT2D eigenvalue weighted by Gasteiger charge is 2.25. The zero-order valence-electron chi connectivity index (χ0n) is 16.7. The molecular weight excluding hydrogens is 367 g/mol. The molecule has 2 aliphatic heterocycles. The van der Waals surface area contributed by atoms with Gasteiger partial charge in [-0.05, 0) is 36.2 Å². The molecule has 29 heavy (non-hydrogen) atoms. The molecule has 2 aromatic rings. The second-order valence-corrected chi connectivity index (χ2v) is 7.35. The van der Waals surface area contributed by atoms with Crippen LogP contribution in [0.4, 0.5) is 15.9 Å². The van der Waals surface area contributed by atoms with Crippen LogP contribution in [0.3, 0.4) is 0 Å². The predicted octanol–water partition coefficient (Wildman–Crippen LogP) is 2.54. The second-order valence-electron chi connectivity index (χ2n) is 7.35. The van der Waals surface area contributed by atoms with Gasteiger partial charge in [-0.15, -0.1) is 0 Å². The van der Waals surface area contributed by atoms with Crippen molar-refractivity contribution in [2.75, 3.05) is 43.0 Å². The van der Waals surface area contributed by atoms with Crippen LogP contribution in [0.2, 0.25) is 0 Å². The third kappa shape index (κ3) is 4.67. The molecule has 1 unspecified atom stereocenters. The first kappa shape index (κ1) is 19.2. The zero-order chi connectivity index (χ0) is 20.1. The summed E-state index contributed by atoms with van der Waals surface area (Å²) in [6.45, 7) is 4.13. The molecule has 0 saturated carbocycles. The van der Waals surface area contributed by atoms with E-state index >= 15 is 0 Å². The number of rotatable bonds is 5. The molecule has 0 spiro atoms. The molecule has 0 amide bonds. The molecule has 0 radical (unpaired) electrons. The summed E-state index contributed by atoms with van der Waals surface area (Å²) >= 11 is 0. The number of aromatic nitrogens is 1. The minimum atomic E-state index is -0.274. The van der Waals surface area contributed by atoms with Crippen LogP contribution in [0.25, 0.3) is 0 Å². The maximum absolute atomic E-state index is 14.0. The molecule has 1 fully saturated rings. The second kappa shape index (κ2) is 8.94. The average molecular weight is 394 g/mol. The molecule has 0 bridgehead atoms. The number of anilines is 2. The van der Waals surface area contributed by atoms with Crippen LogP contribution in [0.1, 0.15) is 12.0 Å². The van der Waals surface area contributed by atoms with Gasteiger partial charge in [-0.1, -0.05) is 24.3 Å². The lowest BCUT2D eigenvalue weighted by atomic mass is 10.2. The van der Waals surface area contributed by atoms with Crippen LogP contribution < -0.4 is 20.4 Å². The molecule has 4 rings (SSSR count). The summed E-state index contributed by atoms with van der Waals surface area (Å²) in [4.78, 5) is 12.8. The van der Waals surface area contributed by atoms with Crippen LogP contribution in [-0.2, 0) is 6.54 Å². The Kier molecular flexibility index (Phi) is 5.93. The highest BCUT2D eigenvalue weighted by Crippen LogP contribution is 2.21. The maximum atomic E-state index is 14.0. The van der Waals surface area contributed by atoms with Gasteiger partial charge in [-0.3, -0.25) is 4.99 Å². The van der Waals surface area contributed by atoms with Gasteiger partial charge in [0.15, 0.2) is 17.6 Å². The molecule has 1 aromatic carbocycles. The van der Waals surface area contributed by atoms with Crippen molar-refractivity contribution >= 4 is 17.5 Å². The van der Waals surface area contributed by atoms with Gasteiger partial charge in [0.05, 0.1) is 0 Å². The van der Waals surface area contributed by atoms with Crippen molar-refractivity contribution in [3.8, 4) is 0 Å². The highest BCUT2D eigenvalue weighted by molar-refractivity contribution is 5.80. The minimum Gasteiger partial charge on any atom is -0.364 e. The van der Waals surface area contributed by atoms with Crippen molar-refractivity contribution in [2.24, 2.45) is 4.99 Å². The number of aliphatic imine (C=N–C) groups is 1.